The van der Waals surface area contributed by atoms with Crippen LogP contribution in [0.25, 0.3) is 0 Å². The number of methoxy groups -OCH3 is 1. The van der Waals surface area contributed by atoms with Crippen LogP contribution in [0.3, 0.4) is 0 Å². The minimum atomic E-state index is -0.336. The molecule has 0 aromatic heterocycles. The fraction of sp³-hybridized carbons (Fsp3) is 0.500. The van der Waals surface area contributed by atoms with Crippen molar-refractivity contribution in [2.45, 2.75) is 13.0 Å². The zero-order valence-corrected chi connectivity index (χ0v) is 10.5. The van der Waals surface area contributed by atoms with Gasteiger partial charge in [0.25, 0.3) is 0 Å². The van der Waals surface area contributed by atoms with E-state index in [2.05, 4.69) is 4.90 Å². The molecule has 4 heteroatoms. The minimum absolute atomic E-state index is 0.336. The molecule has 0 saturated carbocycles. The molecule has 1 fully saturated rings. The molecule has 2 rings (SSSR count). The highest BCUT2D eigenvalue weighted by Gasteiger charge is 2.22. The molecule has 1 aliphatic rings. The van der Waals surface area contributed by atoms with E-state index < -0.39 is 0 Å². The Morgan fingerprint density at radius 1 is 1.50 bits per heavy atom. The third-order valence-corrected chi connectivity index (χ3v) is 3.27. The van der Waals surface area contributed by atoms with E-state index in [-0.39, 0.29) is 5.82 Å². The zero-order valence-electron chi connectivity index (χ0n) is 10.5. The van der Waals surface area contributed by atoms with E-state index >= 15 is 0 Å². The first-order chi connectivity index (χ1) is 8.71. The van der Waals surface area contributed by atoms with Gasteiger partial charge in [-0.15, -0.1) is 0 Å². The van der Waals surface area contributed by atoms with Crippen molar-refractivity contribution in [2.75, 3.05) is 26.8 Å². The van der Waals surface area contributed by atoms with Crippen LogP contribution in [-0.2, 0) is 11.3 Å². The molecule has 18 heavy (non-hydrogen) atoms. The first-order valence-electron chi connectivity index (χ1n) is 6.12. The molecule has 0 amide bonds. The zero-order chi connectivity index (χ0) is 13.0. The highest BCUT2D eigenvalue weighted by atomic mass is 19.1. The molecule has 1 aliphatic heterocycles. The normalized spacial score (nSPS) is 19.9. The van der Waals surface area contributed by atoms with Gasteiger partial charge in [-0.1, -0.05) is 0 Å². The topological polar surface area (TPSA) is 36.3 Å². The van der Waals surface area contributed by atoms with Crippen LogP contribution in [0.1, 0.15) is 17.5 Å². The first kappa shape index (κ1) is 13.0. The molecule has 1 heterocycles. The summed E-state index contributed by atoms with van der Waals surface area (Å²) in [4.78, 5) is 2.28. The Hall–Kier alpha value is -1.44. The standard InChI is InChI=1S/C14H17FN2O/c1-18-10-11-2-3-17(8-11)9-13-4-12(7-16)5-14(15)6-13/h4-6,11H,2-3,8-10H2,1H3. The number of halogens is 1. The second-order valence-electron chi connectivity index (χ2n) is 4.81. The monoisotopic (exact) mass is 248 g/mol. The Balaban J connectivity index is 1.98. The number of nitriles is 1. The van der Waals surface area contributed by atoms with Gasteiger partial charge < -0.3 is 4.74 Å². The summed E-state index contributed by atoms with van der Waals surface area (Å²) in [5.41, 5.74) is 1.25. The Morgan fingerprint density at radius 3 is 3.06 bits per heavy atom. The third kappa shape index (κ3) is 3.28. The summed E-state index contributed by atoms with van der Waals surface area (Å²) in [6.07, 6.45) is 1.12. The van der Waals surface area contributed by atoms with Gasteiger partial charge >= 0.3 is 0 Å². The van der Waals surface area contributed by atoms with Crippen molar-refractivity contribution in [1.29, 1.82) is 5.26 Å². The summed E-state index contributed by atoms with van der Waals surface area (Å²) in [6, 6.07) is 6.51. The van der Waals surface area contributed by atoms with E-state index in [1.165, 1.54) is 12.1 Å². The number of hydrogen-bond donors (Lipinski definition) is 0. The van der Waals surface area contributed by atoms with Crippen LogP contribution < -0.4 is 0 Å². The summed E-state index contributed by atoms with van der Waals surface area (Å²) >= 11 is 0. The molecule has 1 atom stereocenters. The number of rotatable bonds is 4. The van der Waals surface area contributed by atoms with Crippen molar-refractivity contribution in [2.24, 2.45) is 5.92 Å². The number of hydrogen-bond acceptors (Lipinski definition) is 3. The van der Waals surface area contributed by atoms with Crippen molar-refractivity contribution < 1.29 is 9.13 Å². The second-order valence-corrected chi connectivity index (χ2v) is 4.81. The van der Waals surface area contributed by atoms with Gasteiger partial charge in [0.1, 0.15) is 5.82 Å². The van der Waals surface area contributed by atoms with Crippen LogP contribution in [0.5, 0.6) is 0 Å². The predicted octanol–water partition coefficient (Wildman–Crippen LogP) is 2.17. The molecule has 1 aromatic carbocycles. The fourth-order valence-corrected chi connectivity index (χ4v) is 2.49. The quantitative estimate of drug-likeness (QED) is 0.819. The van der Waals surface area contributed by atoms with Crippen molar-refractivity contribution in [1.82, 2.24) is 4.90 Å². The van der Waals surface area contributed by atoms with E-state index in [9.17, 15) is 4.39 Å². The minimum Gasteiger partial charge on any atom is -0.384 e. The van der Waals surface area contributed by atoms with E-state index in [0.29, 0.717) is 18.0 Å². The lowest BCUT2D eigenvalue weighted by Crippen LogP contribution is -2.21. The van der Waals surface area contributed by atoms with Gasteiger partial charge in [-0.2, -0.15) is 5.26 Å². The van der Waals surface area contributed by atoms with Gasteiger partial charge in [0.05, 0.1) is 18.2 Å². The highest BCUT2D eigenvalue weighted by molar-refractivity contribution is 5.33. The summed E-state index contributed by atoms with van der Waals surface area (Å²) < 4.78 is 18.4. The molecule has 0 bridgehead atoms. The molecule has 0 spiro atoms. The average Bonchev–Trinajstić information content (AvgIpc) is 2.76. The van der Waals surface area contributed by atoms with Gasteiger partial charge in [-0.3, -0.25) is 4.90 Å². The fourth-order valence-electron chi connectivity index (χ4n) is 2.49. The van der Waals surface area contributed by atoms with E-state index in [4.69, 9.17) is 10.00 Å². The van der Waals surface area contributed by atoms with E-state index in [1.807, 2.05) is 6.07 Å². The lowest BCUT2D eigenvalue weighted by Gasteiger charge is -2.16. The molecule has 1 saturated heterocycles. The van der Waals surface area contributed by atoms with Gasteiger partial charge in [0.15, 0.2) is 0 Å². The summed E-state index contributed by atoms with van der Waals surface area (Å²) in [6.45, 7) is 3.47. The molecule has 0 N–H and O–H groups in total. The molecule has 3 nitrogen and oxygen atoms in total. The SMILES string of the molecule is COCC1CCN(Cc2cc(F)cc(C#N)c2)C1. The van der Waals surface area contributed by atoms with Crippen molar-refractivity contribution in [3.8, 4) is 6.07 Å². The molecule has 1 unspecified atom stereocenters. The van der Waals surface area contributed by atoms with Crippen LogP contribution in [0.4, 0.5) is 4.39 Å². The summed E-state index contributed by atoms with van der Waals surface area (Å²) in [7, 11) is 1.72. The molecular formula is C14H17FN2O. The van der Waals surface area contributed by atoms with E-state index in [0.717, 1.165) is 31.7 Å². The number of likely N-dealkylation sites (tertiary alicyclic amines) is 1. The van der Waals surface area contributed by atoms with Gasteiger partial charge in [-0.25, -0.2) is 4.39 Å². The highest BCUT2D eigenvalue weighted by Crippen LogP contribution is 2.19. The Morgan fingerprint density at radius 2 is 2.33 bits per heavy atom. The predicted molar refractivity (Wildman–Crippen MR) is 66.4 cm³/mol. The maximum atomic E-state index is 13.3. The maximum absolute atomic E-state index is 13.3. The molecule has 96 valence electrons. The van der Waals surface area contributed by atoms with Crippen LogP contribution in [-0.4, -0.2) is 31.7 Å². The van der Waals surface area contributed by atoms with Crippen LogP contribution in [0, 0.1) is 23.1 Å². The average molecular weight is 248 g/mol. The third-order valence-electron chi connectivity index (χ3n) is 3.27. The van der Waals surface area contributed by atoms with Gasteiger partial charge in [0.2, 0.25) is 0 Å². The van der Waals surface area contributed by atoms with Crippen LogP contribution in [0.15, 0.2) is 18.2 Å². The van der Waals surface area contributed by atoms with E-state index in [1.54, 1.807) is 13.2 Å². The smallest absolute Gasteiger partial charge is 0.124 e. The lowest BCUT2D eigenvalue weighted by molar-refractivity contribution is 0.152. The van der Waals surface area contributed by atoms with Crippen molar-refractivity contribution in [3.63, 3.8) is 0 Å². The Bertz CT molecular complexity index is 456. The maximum Gasteiger partial charge on any atom is 0.124 e. The Kier molecular flexibility index (Phi) is 4.29. The van der Waals surface area contributed by atoms with Crippen molar-refractivity contribution in [3.05, 3.63) is 35.1 Å². The second kappa shape index (κ2) is 5.94. The van der Waals surface area contributed by atoms with Crippen LogP contribution in [0.2, 0.25) is 0 Å². The lowest BCUT2D eigenvalue weighted by atomic mass is 10.1. The van der Waals surface area contributed by atoms with Gasteiger partial charge in [-0.05, 0) is 42.6 Å². The Labute approximate surface area is 107 Å². The molecular weight excluding hydrogens is 231 g/mol. The van der Waals surface area contributed by atoms with Crippen LogP contribution >= 0.6 is 0 Å². The molecule has 0 radical (unpaired) electrons. The molecule has 1 aromatic rings. The summed E-state index contributed by atoms with van der Waals surface area (Å²) in [5, 5.41) is 8.81. The number of benzene rings is 1. The van der Waals surface area contributed by atoms with Gasteiger partial charge in [0, 0.05) is 20.2 Å². The first-order valence-corrected chi connectivity index (χ1v) is 6.12. The largest absolute Gasteiger partial charge is 0.384 e. The molecule has 0 aliphatic carbocycles. The number of ether oxygens (including phenoxy) is 1. The summed E-state index contributed by atoms with van der Waals surface area (Å²) in [5.74, 6) is 0.232. The van der Waals surface area contributed by atoms with Crippen molar-refractivity contribution >= 4 is 0 Å². The number of nitrogens with zero attached hydrogens (tertiary/aromatic N) is 2.